The number of hydrogen-bond acceptors (Lipinski definition) is 10. The second kappa shape index (κ2) is 22.1. The largest absolute Gasteiger partial charge is 1.00 e. The average Bonchev–Trinajstić information content (AvgIpc) is 3.23. The fourth-order valence-corrected chi connectivity index (χ4v) is 8.44. The molecule has 0 radical (unpaired) electrons. The summed E-state index contributed by atoms with van der Waals surface area (Å²) in [6.07, 6.45) is 15.4. The van der Waals surface area contributed by atoms with Gasteiger partial charge in [-0.25, -0.2) is 13.0 Å². The molecule has 60 heavy (non-hydrogen) atoms. The fraction of sp³-hybridized carbons (Fsp3) is 0.255. The molecular weight excluding hydrogens is 806 g/mol. The molecule has 13 heteroatoms. The second-order valence-corrected chi connectivity index (χ2v) is 16.5. The minimum atomic E-state index is -4.56. The predicted octanol–water partition coefficient (Wildman–Crippen LogP) is 5.73. The van der Waals surface area contributed by atoms with Gasteiger partial charge in [-0.05, 0) is 135 Å². The number of hydrogen-bond donors (Lipinski definition) is 1. The van der Waals surface area contributed by atoms with E-state index in [1.54, 1.807) is 6.07 Å². The fourth-order valence-electron chi connectivity index (χ4n) is 7.46. The molecule has 1 N–H and O–H groups in total. The standard InChI is InChI=1S/C47H51N3O7S2.Na/c1-6-49(31-35-11-9-13-43(29-35)58-57-56-51)40-21-25-45(33(4)27-40)47(37-15-17-38(18-16-37)48-39-19-23-42(24-20-39)55-8-3)46-26-22-41(28-34(46)5)50(7-2)32-36-12-10-14-44(30-36)59(52,53)54;/h9-30,37-38,48H,6-8,31-32H2,1-5H3,(H-,51,52,53,54);/q;+1/p-1. The van der Waals surface area contributed by atoms with Gasteiger partial charge in [-0.3, -0.25) is 5.04 Å². The first-order chi connectivity index (χ1) is 28.5. The zero-order valence-electron chi connectivity index (χ0n) is 35.0. The molecular formula is C47H50N3NaO7S2. The van der Waals surface area contributed by atoms with Gasteiger partial charge in [0.15, 0.2) is 12.3 Å². The van der Waals surface area contributed by atoms with Gasteiger partial charge < -0.3 is 24.8 Å². The third-order valence-corrected chi connectivity index (χ3v) is 11.8. The first-order valence-electron chi connectivity index (χ1n) is 19.7. The van der Waals surface area contributed by atoms with E-state index in [0.29, 0.717) is 26.2 Å². The molecule has 0 saturated carbocycles. The van der Waals surface area contributed by atoms with Gasteiger partial charge in [0.05, 0.1) is 29.6 Å². The topological polar surface area (TPSA) is 126 Å². The van der Waals surface area contributed by atoms with Crippen LogP contribution >= 0.6 is 12.0 Å². The molecule has 0 heterocycles. The normalized spacial score (nSPS) is 17.8. The van der Waals surface area contributed by atoms with Crippen molar-refractivity contribution < 1.29 is 66.5 Å². The summed E-state index contributed by atoms with van der Waals surface area (Å²) in [5.41, 5.74) is 10.6. The number of nitrogens with one attached hydrogen (secondary N) is 1. The molecule has 0 spiro atoms. The van der Waals surface area contributed by atoms with Crippen LogP contribution in [0.4, 0.5) is 11.4 Å². The summed E-state index contributed by atoms with van der Waals surface area (Å²) in [6.45, 7) is 13.7. The van der Waals surface area contributed by atoms with E-state index in [2.05, 4.69) is 119 Å². The Morgan fingerprint density at radius 1 is 0.883 bits per heavy atom. The number of nitrogens with zero attached hydrogens (tertiary/aromatic N) is 2. The van der Waals surface area contributed by atoms with Gasteiger partial charge in [0.1, 0.15) is 22.4 Å². The smallest absolute Gasteiger partial charge is 0.744 e. The second-order valence-electron chi connectivity index (χ2n) is 14.3. The minimum Gasteiger partial charge on any atom is -0.744 e. The predicted molar refractivity (Wildman–Crippen MR) is 233 cm³/mol. The van der Waals surface area contributed by atoms with Crippen molar-refractivity contribution in [2.75, 3.05) is 29.9 Å². The molecule has 4 aromatic rings. The summed E-state index contributed by atoms with van der Waals surface area (Å²) >= 11 is 0.884. The van der Waals surface area contributed by atoms with Gasteiger partial charge in [-0.2, -0.15) is 4.33 Å². The van der Waals surface area contributed by atoms with E-state index < -0.39 is 10.1 Å². The molecule has 10 nitrogen and oxygen atoms in total. The number of allylic oxidation sites excluding steroid dienone is 8. The van der Waals surface area contributed by atoms with Crippen LogP contribution in [0.2, 0.25) is 0 Å². The Balaban J connectivity index is 0.00000683. The van der Waals surface area contributed by atoms with Crippen LogP contribution in [0, 0.1) is 12.8 Å². The van der Waals surface area contributed by atoms with Gasteiger partial charge in [0.2, 0.25) is 0 Å². The zero-order valence-corrected chi connectivity index (χ0v) is 38.6. The molecule has 0 aromatic heterocycles. The Morgan fingerprint density at radius 3 is 2.27 bits per heavy atom. The first kappa shape index (κ1) is 46.8. The summed E-state index contributed by atoms with van der Waals surface area (Å²) in [6, 6.07) is 28.8. The number of rotatable bonds is 17. The molecule has 0 unspecified atom stereocenters. The molecule has 0 fully saturated rings. The summed E-state index contributed by atoms with van der Waals surface area (Å²) in [4.78, 5) is 2.86. The van der Waals surface area contributed by atoms with E-state index in [4.69, 9.17) is 4.74 Å². The molecule has 2 aliphatic rings. The van der Waals surface area contributed by atoms with Crippen LogP contribution in [0.5, 0.6) is 5.75 Å². The van der Waals surface area contributed by atoms with E-state index in [1.807, 2.05) is 55.5 Å². The van der Waals surface area contributed by atoms with Crippen molar-refractivity contribution in [2.24, 2.45) is 5.92 Å². The van der Waals surface area contributed by atoms with Crippen LogP contribution in [0.15, 0.2) is 154 Å². The van der Waals surface area contributed by atoms with Crippen LogP contribution in [-0.4, -0.2) is 49.0 Å². The van der Waals surface area contributed by atoms with Crippen LogP contribution in [0.1, 0.15) is 49.9 Å². The van der Waals surface area contributed by atoms with E-state index in [9.17, 15) is 18.2 Å². The SMILES string of the molecule is CCOc1ccc(NC2C=CC(/C(=C3\C=CC(=[N+](CC)Cc4cccc(S(=O)(=O)[O-])c4)C=C3C)c3ccc(N(CC)Cc4cccc(SOO[O-])c4)cc3C)C=C2)cc1.[Na+]. The molecule has 0 atom stereocenters. The molecule has 0 amide bonds. The van der Waals surface area contributed by atoms with Gasteiger partial charge in [-0.1, -0.05) is 54.6 Å². The van der Waals surface area contributed by atoms with Crippen molar-refractivity contribution in [1.82, 2.24) is 0 Å². The van der Waals surface area contributed by atoms with E-state index in [-0.39, 0.29) is 46.4 Å². The molecule has 308 valence electrons. The van der Waals surface area contributed by atoms with Crippen molar-refractivity contribution in [2.45, 2.75) is 63.5 Å². The van der Waals surface area contributed by atoms with Crippen LogP contribution in [0.25, 0.3) is 5.57 Å². The quantitative estimate of drug-likeness (QED) is 0.0268. The van der Waals surface area contributed by atoms with Gasteiger partial charge in [0, 0.05) is 53.0 Å². The van der Waals surface area contributed by atoms with Crippen LogP contribution in [0.3, 0.4) is 0 Å². The number of anilines is 2. The third-order valence-electron chi connectivity index (χ3n) is 10.4. The monoisotopic (exact) mass is 855 g/mol. The van der Waals surface area contributed by atoms with Crippen molar-refractivity contribution in [3.8, 4) is 5.75 Å². The Labute approximate surface area is 380 Å². The van der Waals surface area contributed by atoms with Crippen molar-refractivity contribution in [3.05, 3.63) is 167 Å². The summed E-state index contributed by atoms with van der Waals surface area (Å²) in [5.74, 6) is 0.832. The molecule has 4 aromatic carbocycles. The molecule has 0 aliphatic heterocycles. The van der Waals surface area contributed by atoms with Crippen molar-refractivity contribution in [3.63, 3.8) is 0 Å². The Hall–Kier alpha value is -4.21. The maximum absolute atomic E-state index is 11.7. The molecule has 0 saturated heterocycles. The van der Waals surface area contributed by atoms with E-state index >= 15 is 0 Å². The Morgan fingerprint density at radius 2 is 1.62 bits per heavy atom. The van der Waals surface area contributed by atoms with Gasteiger partial charge in [-0.15, -0.1) is 0 Å². The molecule has 6 rings (SSSR count). The number of benzene rings is 4. The van der Waals surface area contributed by atoms with Crippen molar-refractivity contribution >= 4 is 44.8 Å². The summed E-state index contributed by atoms with van der Waals surface area (Å²) in [5, 5.41) is 17.5. The summed E-state index contributed by atoms with van der Waals surface area (Å²) in [7, 11) is -4.56. The van der Waals surface area contributed by atoms with Crippen molar-refractivity contribution in [1.29, 1.82) is 0 Å². The maximum atomic E-state index is 11.7. The third kappa shape index (κ3) is 12.2. The van der Waals surface area contributed by atoms with Crippen LogP contribution in [-0.2, 0) is 32.6 Å². The Bertz CT molecular complexity index is 2410. The first-order valence-corrected chi connectivity index (χ1v) is 21.9. The minimum absolute atomic E-state index is 0. The average molecular weight is 856 g/mol. The van der Waals surface area contributed by atoms with Gasteiger partial charge >= 0.3 is 29.6 Å². The maximum Gasteiger partial charge on any atom is 1.00 e. The summed E-state index contributed by atoms with van der Waals surface area (Å²) < 4.78 is 47.5. The molecule has 0 bridgehead atoms. The zero-order chi connectivity index (χ0) is 41.9. The van der Waals surface area contributed by atoms with Gasteiger partial charge in [0.25, 0.3) is 0 Å². The van der Waals surface area contributed by atoms with Crippen LogP contribution < -0.4 is 49.8 Å². The Kier molecular flexibility index (Phi) is 17.2. The van der Waals surface area contributed by atoms with E-state index in [0.717, 1.165) is 79.7 Å². The number of ether oxygens (including phenoxy) is 1. The molecule has 2 aliphatic carbocycles. The van der Waals surface area contributed by atoms with E-state index in [1.165, 1.54) is 17.7 Å². The number of aryl methyl sites for hydroxylation is 1.